The largest absolute Gasteiger partial charge is 0.508 e. The van der Waals surface area contributed by atoms with Crippen molar-refractivity contribution in [2.75, 3.05) is 42.7 Å². The number of esters is 6. The molecule has 0 unspecified atom stereocenters. The van der Waals surface area contributed by atoms with Gasteiger partial charge < -0.3 is 118 Å². The van der Waals surface area contributed by atoms with Gasteiger partial charge in [-0.15, -0.1) is 0 Å². The van der Waals surface area contributed by atoms with Crippen molar-refractivity contribution in [2.24, 2.45) is 0 Å². The van der Waals surface area contributed by atoms with E-state index in [4.69, 9.17) is 56.8 Å². The number of benzene rings is 12. The van der Waals surface area contributed by atoms with E-state index < -0.39 is 23.9 Å². The molecule has 0 aromatic heterocycles. The van der Waals surface area contributed by atoms with Gasteiger partial charge in [0.2, 0.25) is 0 Å². The minimum absolute atomic E-state index is 0.0209. The van der Waals surface area contributed by atoms with E-state index in [1.807, 2.05) is 24.3 Å². The molecule has 0 radical (unpaired) electrons. The lowest BCUT2D eigenvalue weighted by Gasteiger charge is -2.27. The molecule has 12 N–H and O–H groups in total. The van der Waals surface area contributed by atoms with Crippen LogP contribution in [0.1, 0.15) is 141 Å². The second kappa shape index (κ2) is 38.3. The lowest BCUT2D eigenvalue weighted by molar-refractivity contribution is -0.136. The van der Waals surface area contributed by atoms with E-state index in [9.17, 15) is 90.0 Å². The Kier molecular flexibility index (Phi) is 26.6. The summed E-state index contributed by atoms with van der Waals surface area (Å²) >= 11 is 0. The molecule has 0 aliphatic carbocycles. The predicted octanol–water partition coefficient (Wildman–Crippen LogP) is 15.3. The van der Waals surface area contributed by atoms with Gasteiger partial charge in [0.1, 0.15) is 115 Å². The first kappa shape index (κ1) is 87.7. The highest BCUT2D eigenvalue weighted by atomic mass is 16.6. The molecule has 12 aromatic carbocycles. The van der Waals surface area contributed by atoms with Gasteiger partial charge in [-0.05, 0) is 118 Å². The van der Waals surface area contributed by atoms with Crippen LogP contribution in [0.25, 0.3) is 0 Å². The Balaban J connectivity index is 0.000000130. The Bertz CT molecular complexity index is 5720. The first-order valence-corrected chi connectivity index (χ1v) is 38.9. The average Bonchev–Trinajstić information content (AvgIpc) is 0.772. The van der Waals surface area contributed by atoms with Crippen LogP contribution >= 0.6 is 0 Å². The minimum atomic E-state index is -0.401. The van der Waals surface area contributed by atoms with Crippen molar-refractivity contribution < 1.29 is 147 Å². The van der Waals surface area contributed by atoms with Crippen LogP contribution in [0.15, 0.2) is 218 Å². The van der Waals surface area contributed by atoms with E-state index in [0.717, 1.165) is 44.5 Å². The molecule has 648 valence electrons. The lowest BCUT2D eigenvalue weighted by Crippen LogP contribution is -2.21. The molecule has 6 aliphatic heterocycles. The topological polar surface area (TPSA) is 456 Å². The summed E-state index contributed by atoms with van der Waals surface area (Å²) in [6.07, 6.45) is 1.03. The molecule has 0 spiro atoms. The van der Waals surface area contributed by atoms with Gasteiger partial charge in [0.15, 0.2) is 23.0 Å². The maximum atomic E-state index is 11.9. The molecule has 12 aromatic rings. The fourth-order valence-corrected chi connectivity index (χ4v) is 15.5. The molecule has 126 heavy (non-hydrogen) atoms. The van der Waals surface area contributed by atoms with E-state index in [1.54, 1.807) is 136 Å². The lowest BCUT2D eigenvalue weighted by atomic mass is 9.85. The molecular weight excluding hydrogens is 1630 g/mol. The maximum absolute atomic E-state index is 11.9. The monoisotopic (exact) mass is 1720 g/mol. The summed E-state index contributed by atoms with van der Waals surface area (Å²) < 4.78 is 62.1. The van der Waals surface area contributed by atoms with Gasteiger partial charge in [-0.3, -0.25) is 28.8 Å². The third-order valence-corrected chi connectivity index (χ3v) is 21.4. The SMILES string of the molecule is COc1cc([C@@H]2CC(=O)Oc3cc(O)cc(OC)c32)ccc1O.COc1cc([C@H]2CC(=O)Oc3cc(O)cc(OC)c32)ccc1O.COc1ccc([C@@H]2CC(=O)Oc3cc(O)cc(O)c32)cc1.COc1ccc([C@H]2CC(=O)Oc3cc(O)cc(O)c32)cc1.O=C1C[C@@H](c2ccc(O)cc2)c2ccc(O)cc2O1.O=C1C[C@H](c2ccc(O)cc2)c2ccc(O)cc2O1. The number of ether oxygens (including phenoxy) is 12. The fourth-order valence-electron chi connectivity index (χ4n) is 15.5. The van der Waals surface area contributed by atoms with E-state index in [0.29, 0.717) is 68.2 Å². The summed E-state index contributed by atoms with van der Waals surface area (Å²) in [5.41, 5.74) is 9.27. The number of hydrogen-bond acceptors (Lipinski definition) is 30. The number of rotatable bonds is 12. The highest BCUT2D eigenvalue weighted by Gasteiger charge is 2.38. The van der Waals surface area contributed by atoms with Crippen molar-refractivity contribution >= 4 is 35.8 Å². The Morgan fingerprint density at radius 3 is 0.770 bits per heavy atom. The molecule has 30 heteroatoms. The third kappa shape index (κ3) is 20.0. The summed E-state index contributed by atoms with van der Waals surface area (Å²) in [7, 11) is 9.05. The molecule has 6 heterocycles. The van der Waals surface area contributed by atoms with Gasteiger partial charge in [-0.1, -0.05) is 72.8 Å². The zero-order valence-electron chi connectivity index (χ0n) is 68.2. The summed E-state index contributed by atoms with van der Waals surface area (Å²) in [5, 5.41) is 116. The van der Waals surface area contributed by atoms with Crippen LogP contribution in [0, 0.1) is 0 Å². The Morgan fingerprint density at radius 2 is 0.460 bits per heavy atom. The van der Waals surface area contributed by atoms with E-state index in [2.05, 4.69) is 0 Å². The standard InChI is InChI=1S/2C17H16O6.2C16H14O5.2C15H12O4/c2*1-21-13-5-9(3-4-12(13)19)11-8-16(20)23-15-7-10(18)6-14(22-2)17(11)15;2*1-20-11-4-2-9(3-5-11)12-8-15(19)21-14-7-10(17)6-13(18)16(12)14;2*16-10-3-1-9(2-4-10)13-8-15(18)19-14-7-11(17)5-6-12(13)14/h2*3-7,11,18-19H,8H2,1-2H3;2*2-7,12,17-18H,8H2,1H3;2*1-7,13,16-17H,8H2/t2*11-;2*12-;2*13-/m101010/s1. The second-order valence-corrected chi connectivity index (χ2v) is 29.3. The summed E-state index contributed by atoms with van der Waals surface area (Å²) in [6.45, 7) is 0. The van der Waals surface area contributed by atoms with Crippen molar-refractivity contribution in [3.05, 3.63) is 285 Å². The van der Waals surface area contributed by atoms with Crippen molar-refractivity contribution in [3.63, 3.8) is 0 Å². The zero-order valence-corrected chi connectivity index (χ0v) is 68.2. The molecule has 0 bridgehead atoms. The zero-order chi connectivity index (χ0) is 89.9. The van der Waals surface area contributed by atoms with E-state index in [1.165, 1.54) is 101 Å². The normalized spacial score (nSPS) is 17.0. The molecule has 6 atom stereocenters. The number of fused-ring (bicyclic) bond motifs is 6. The number of carbonyl (C=O) groups is 6. The van der Waals surface area contributed by atoms with E-state index in [-0.39, 0.29) is 178 Å². The Hall–Kier alpha value is -16.1. The number of hydrogen-bond donors (Lipinski definition) is 12. The number of phenolic OH excluding ortho intramolecular Hbond substituents is 12. The molecule has 18 rings (SSSR count). The van der Waals surface area contributed by atoms with Gasteiger partial charge in [0.05, 0.1) is 81.2 Å². The van der Waals surface area contributed by atoms with Gasteiger partial charge in [0, 0.05) is 130 Å². The highest BCUT2D eigenvalue weighted by molar-refractivity contribution is 5.83. The van der Waals surface area contributed by atoms with Crippen LogP contribution in [0.4, 0.5) is 0 Å². The number of methoxy groups -OCH3 is 6. The molecule has 6 aliphatic rings. The first-order valence-electron chi connectivity index (χ1n) is 38.9. The molecule has 30 nitrogen and oxygen atoms in total. The maximum Gasteiger partial charge on any atom is 0.312 e. The quantitative estimate of drug-likeness (QED) is 0.0399. The number of aromatic hydroxyl groups is 12. The van der Waals surface area contributed by atoms with Crippen LogP contribution in [0.2, 0.25) is 0 Å². The van der Waals surface area contributed by atoms with Gasteiger partial charge in [-0.2, -0.15) is 0 Å². The number of carbonyl (C=O) groups excluding carboxylic acids is 6. The molecule has 0 saturated carbocycles. The predicted molar refractivity (Wildman–Crippen MR) is 449 cm³/mol. The van der Waals surface area contributed by atoms with Gasteiger partial charge >= 0.3 is 35.8 Å². The van der Waals surface area contributed by atoms with Crippen molar-refractivity contribution in [1.82, 2.24) is 0 Å². The fraction of sp³-hybridized carbons (Fsp3) is 0.188. The Labute approximate surface area is 719 Å². The van der Waals surface area contributed by atoms with Gasteiger partial charge in [-0.25, -0.2) is 0 Å². The first-order chi connectivity index (χ1) is 60.5. The summed E-state index contributed by atoms with van der Waals surface area (Å²) in [5.74, 6) is 0.951. The minimum Gasteiger partial charge on any atom is -0.508 e. The number of phenols is 12. The smallest absolute Gasteiger partial charge is 0.312 e. The summed E-state index contributed by atoms with van der Waals surface area (Å²) in [6, 6.07) is 58.4. The van der Waals surface area contributed by atoms with Crippen LogP contribution in [-0.2, 0) is 28.8 Å². The molecule has 0 amide bonds. The molecular formula is C96H84O30. The van der Waals surface area contributed by atoms with Crippen LogP contribution in [0.3, 0.4) is 0 Å². The van der Waals surface area contributed by atoms with Gasteiger partial charge in [0.25, 0.3) is 0 Å². The summed E-state index contributed by atoms with van der Waals surface area (Å²) in [4.78, 5) is 70.6. The highest BCUT2D eigenvalue weighted by Crippen LogP contribution is 2.53. The van der Waals surface area contributed by atoms with Crippen molar-refractivity contribution in [3.8, 4) is 138 Å². The second-order valence-electron chi connectivity index (χ2n) is 29.3. The molecule has 0 fully saturated rings. The average molecular weight is 1720 g/mol. The molecule has 0 saturated heterocycles. The van der Waals surface area contributed by atoms with Crippen LogP contribution < -0.4 is 56.8 Å². The van der Waals surface area contributed by atoms with Crippen molar-refractivity contribution in [2.45, 2.75) is 74.0 Å². The van der Waals surface area contributed by atoms with Crippen LogP contribution in [-0.4, -0.2) is 140 Å². The van der Waals surface area contributed by atoms with Crippen LogP contribution in [0.5, 0.6) is 138 Å². The van der Waals surface area contributed by atoms with Crippen molar-refractivity contribution in [1.29, 1.82) is 0 Å². The van der Waals surface area contributed by atoms with E-state index >= 15 is 0 Å². The third-order valence-electron chi connectivity index (χ3n) is 21.4. The Morgan fingerprint density at radius 1 is 0.214 bits per heavy atom.